The topological polar surface area (TPSA) is 52.3 Å². The van der Waals surface area contributed by atoms with Crippen molar-refractivity contribution in [3.8, 4) is 5.75 Å². The van der Waals surface area contributed by atoms with Crippen molar-refractivity contribution in [2.24, 2.45) is 5.73 Å². The van der Waals surface area contributed by atoms with Crippen LogP contribution in [0.2, 0.25) is 0 Å². The minimum absolute atomic E-state index is 0.442. The molecule has 0 atom stereocenters. The van der Waals surface area contributed by atoms with E-state index in [1.54, 1.807) is 13.2 Å². The molecule has 1 amide bonds. The van der Waals surface area contributed by atoms with E-state index in [4.69, 9.17) is 10.5 Å². The second-order valence-electron chi connectivity index (χ2n) is 2.67. The Labute approximate surface area is 85.0 Å². The molecule has 0 saturated carbocycles. The first-order chi connectivity index (χ1) is 6.06. The van der Waals surface area contributed by atoms with Crippen molar-refractivity contribution in [1.29, 1.82) is 0 Å². The number of hydrogen-bond acceptors (Lipinski definition) is 2. The first-order valence-corrected chi connectivity index (χ1v) is 4.49. The van der Waals surface area contributed by atoms with Crippen LogP contribution in [0.4, 0.5) is 0 Å². The Bertz CT molecular complexity index is 350. The highest BCUT2D eigenvalue weighted by Gasteiger charge is 2.10. The van der Waals surface area contributed by atoms with Crippen LogP contribution >= 0.6 is 15.9 Å². The summed E-state index contributed by atoms with van der Waals surface area (Å²) in [5.41, 5.74) is 6.55. The van der Waals surface area contributed by atoms with Gasteiger partial charge in [-0.1, -0.05) is 0 Å². The minimum Gasteiger partial charge on any atom is -0.497 e. The van der Waals surface area contributed by atoms with Crippen LogP contribution in [0.15, 0.2) is 16.6 Å². The Balaban J connectivity index is 3.33. The molecule has 0 saturated heterocycles. The molecule has 4 heteroatoms. The smallest absolute Gasteiger partial charge is 0.249 e. The third-order valence-corrected chi connectivity index (χ3v) is 2.78. The van der Waals surface area contributed by atoms with Gasteiger partial charge in [0.15, 0.2) is 0 Å². The maximum atomic E-state index is 11.0. The number of carbonyl (C=O) groups is 1. The molecule has 0 heterocycles. The molecule has 0 aliphatic rings. The number of aryl methyl sites for hydroxylation is 1. The maximum Gasteiger partial charge on any atom is 0.249 e. The molecule has 0 unspecified atom stereocenters. The van der Waals surface area contributed by atoms with Gasteiger partial charge in [-0.05, 0) is 40.5 Å². The summed E-state index contributed by atoms with van der Waals surface area (Å²) >= 11 is 3.29. The summed E-state index contributed by atoms with van der Waals surface area (Å²) < 4.78 is 5.74. The molecule has 2 N–H and O–H groups in total. The van der Waals surface area contributed by atoms with Gasteiger partial charge >= 0.3 is 0 Å². The van der Waals surface area contributed by atoms with Crippen molar-refractivity contribution >= 4 is 21.8 Å². The van der Waals surface area contributed by atoms with Crippen molar-refractivity contribution in [2.75, 3.05) is 7.11 Å². The molecule has 0 aliphatic carbocycles. The van der Waals surface area contributed by atoms with Gasteiger partial charge in [0.25, 0.3) is 0 Å². The number of primary amides is 1. The zero-order valence-corrected chi connectivity index (χ0v) is 9.01. The van der Waals surface area contributed by atoms with Crippen LogP contribution in [-0.2, 0) is 0 Å². The summed E-state index contributed by atoms with van der Waals surface area (Å²) in [6.45, 7) is 1.87. The molecule has 1 rings (SSSR count). The molecule has 1 aromatic carbocycles. The SMILES string of the molecule is COc1cc(C)c(Br)c(C(N)=O)c1. The van der Waals surface area contributed by atoms with Crippen LogP contribution in [0.1, 0.15) is 15.9 Å². The fraction of sp³-hybridized carbons (Fsp3) is 0.222. The molecule has 0 radical (unpaired) electrons. The number of ether oxygens (including phenoxy) is 1. The fourth-order valence-corrected chi connectivity index (χ4v) is 1.46. The number of benzene rings is 1. The number of halogens is 1. The van der Waals surface area contributed by atoms with Crippen molar-refractivity contribution in [3.63, 3.8) is 0 Å². The van der Waals surface area contributed by atoms with Crippen molar-refractivity contribution in [3.05, 3.63) is 27.7 Å². The molecular weight excluding hydrogens is 234 g/mol. The van der Waals surface area contributed by atoms with Crippen LogP contribution in [0.3, 0.4) is 0 Å². The molecule has 3 nitrogen and oxygen atoms in total. The van der Waals surface area contributed by atoms with Crippen molar-refractivity contribution in [1.82, 2.24) is 0 Å². The average molecular weight is 244 g/mol. The summed E-state index contributed by atoms with van der Waals surface area (Å²) in [7, 11) is 1.55. The van der Waals surface area contributed by atoms with Gasteiger partial charge in [-0.15, -0.1) is 0 Å². The van der Waals surface area contributed by atoms with E-state index in [2.05, 4.69) is 15.9 Å². The quantitative estimate of drug-likeness (QED) is 0.863. The molecule has 0 bridgehead atoms. The lowest BCUT2D eigenvalue weighted by molar-refractivity contribution is 0.0999. The molecule has 1 aromatic rings. The Morgan fingerprint density at radius 1 is 1.54 bits per heavy atom. The zero-order valence-electron chi connectivity index (χ0n) is 7.43. The lowest BCUT2D eigenvalue weighted by atomic mass is 10.1. The third kappa shape index (κ3) is 2.01. The van der Waals surface area contributed by atoms with Gasteiger partial charge in [-0.2, -0.15) is 0 Å². The van der Waals surface area contributed by atoms with E-state index in [1.807, 2.05) is 13.0 Å². The highest BCUT2D eigenvalue weighted by atomic mass is 79.9. The lowest BCUT2D eigenvalue weighted by Gasteiger charge is -2.07. The first kappa shape index (κ1) is 10.1. The second kappa shape index (κ2) is 3.79. The largest absolute Gasteiger partial charge is 0.497 e. The Hall–Kier alpha value is -1.03. The number of methoxy groups -OCH3 is 1. The summed E-state index contributed by atoms with van der Waals surface area (Å²) in [6, 6.07) is 3.44. The molecule has 0 spiro atoms. The Morgan fingerprint density at radius 2 is 2.15 bits per heavy atom. The van der Waals surface area contributed by atoms with E-state index in [0.717, 1.165) is 10.0 Å². The summed E-state index contributed by atoms with van der Waals surface area (Å²) in [6.07, 6.45) is 0. The van der Waals surface area contributed by atoms with Crippen LogP contribution in [0, 0.1) is 6.92 Å². The van der Waals surface area contributed by atoms with Gasteiger partial charge in [0.2, 0.25) is 5.91 Å². The average Bonchev–Trinajstić information content (AvgIpc) is 2.09. The third-order valence-electron chi connectivity index (χ3n) is 1.73. The number of hydrogen-bond donors (Lipinski definition) is 1. The van der Waals surface area contributed by atoms with E-state index in [1.165, 1.54) is 0 Å². The highest BCUT2D eigenvalue weighted by molar-refractivity contribution is 9.10. The van der Waals surface area contributed by atoms with Crippen LogP contribution < -0.4 is 10.5 Å². The number of amides is 1. The van der Waals surface area contributed by atoms with Gasteiger partial charge in [0.05, 0.1) is 12.7 Å². The van der Waals surface area contributed by atoms with Crippen molar-refractivity contribution in [2.45, 2.75) is 6.92 Å². The zero-order chi connectivity index (χ0) is 10.0. The minimum atomic E-state index is -0.464. The Morgan fingerprint density at radius 3 is 2.62 bits per heavy atom. The standard InChI is InChI=1S/C9H10BrNO2/c1-5-3-6(13-2)4-7(8(5)10)9(11)12/h3-4H,1-2H3,(H2,11,12). The van der Waals surface area contributed by atoms with Gasteiger partial charge in [0.1, 0.15) is 5.75 Å². The predicted molar refractivity (Wildman–Crippen MR) is 53.9 cm³/mol. The molecule has 0 aliphatic heterocycles. The number of rotatable bonds is 2. The Kier molecular flexibility index (Phi) is 2.93. The predicted octanol–water partition coefficient (Wildman–Crippen LogP) is 1.87. The van der Waals surface area contributed by atoms with E-state index < -0.39 is 5.91 Å². The van der Waals surface area contributed by atoms with E-state index >= 15 is 0 Å². The van der Waals surface area contributed by atoms with Crippen LogP contribution in [-0.4, -0.2) is 13.0 Å². The maximum absolute atomic E-state index is 11.0. The summed E-state index contributed by atoms with van der Waals surface area (Å²) in [5.74, 6) is 0.170. The molecular formula is C9H10BrNO2. The lowest BCUT2D eigenvalue weighted by Crippen LogP contribution is -2.12. The van der Waals surface area contributed by atoms with Gasteiger partial charge in [-0.3, -0.25) is 4.79 Å². The number of nitrogens with two attached hydrogens (primary N) is 1. The second-order valence-corrected chi connectivity index (χ2v) is 3.46. The van der Waals surface area contributed by atoms with E-state index in [0.29, 0.717) is 11.3 Å². The van der Waals surface area contributed by atoms with E-state index in [9.17, 15) is 4.79 Å². The van der Waals surface area contributed by atoms with Crippen molar-refractivity contribution < 1.29 is 9.53 Å². The van der Waals surface area contributed by atoms with Gasteiger partial charge in [0, 0.05) is 4.47 Å². The van der Waals surface area contributed by atoms with Crippen LogP contribution in [0.5, 0.6) is 5.75 Å². The van der Waals surface area contributed by atoms with E-state index in [-0.39, 0.29) is 0 Å². The summed E-state index contributed by atoms with van der Waals surface area (Å²) in [4.78, 5) is 11.0. The molecule has 0 aromatic heterocycles. The van der Waals surface area contributed by atoms with Crippen LogP contribution in [0.25, 0.3) is 0 Å². The van der Waals surface area contributed by atoms with Gasteiger partial charge < -0.3 is 10.5 Å². The molecule has 0 fully saturated rings. The fourth-order valence-electron chi connectivity index (χ4n) is 1.03. The normalized spacial score (nSPS) is 9.77. The first-order valence-electron chi connectivity index (χ1n) is 3.70. The molecule has 70 valence electrons. The monoisotopic (exact) mass is 243 g/mol. The summed E-state index contributed by atoms with van der Waals surface area (Å²) in [5, 5.41) is 0. The highest BCUT2D eigenvalue weighted by Crippen LogP contribution is 2.26. The number of carbonyl (C=O) groups excluding carboxylic acids is 1. The molecule has 13 heavy (non-hydrogen) atoms. The van der Waals surface area contributed by atoms with Gasteiger partial charge in [-0.25, -0.2) is 0 Å².